The van der Waals surface area contributed by atoms with E-state index in [2.05, 4.69) is 138 Å². The van der Waals surface area contributed by atoms with E-state index in [9.17, 15) is 0 Å². The molecule has 243 valence electrons. The zero-order valence-corrected chi connectivity index (χ0v) is 31.0. The van der Waals surface area contributed by atoms with Gasteiger partial charge in [-0.2, -0.15) is 0 Å². The molecule has 1 aliphatic rings. The van der Waals surface area contributed by atoms with Gasteiger partial charge in [-0.1, -0.05) is 137 Å². The summed E-state index contributed by atoms with van der Waals surface area (Å²) in [6.07, 6.45) is 6.10. The van der Waals surface area contributed by atoms with Crippen molar-refractivity contribution in [1.29, 1.82) is 0 Å². The van der Waals surface area contributed by atoms with E-state index in [0.29, 0.717) is 11.8 Å². The van der Waals surface area contributed by atoms with Crippen molar-refractivity contribution in [3.8, 4) is 33.6 Å². The summed E-state index contributed by atoms with van der Waals surface area (Å²) in [5.74, 6) is 0.970. The summed E-state index contributed by atoms with van der Waals surface area (Å²) in [7, 11) is 0. The smallest absolute Gasteiger partial charge is 0.0163 e. The zero-order valence-electron chi connectivity index (χ0n) is 28.6. The SMILES string of the molecule is CC(C)c1ccc(-c2cc(-c3cc(C(C)C)ccn3)[c-]c3c2C=C(c2ccccc2)C3(C)C)cc1.[Ir].[c-]1ccccc1-c1ccccn1. The molecule has 1 aliphatic carbocycles. The fourth-order valence-electron chi connectivity index (χ4n) is 6.21. The van der Waals surface area contributed by atoms with Gasteiger partial charge >= 0.3 is 0 Å². The normalized spacial score (nSPS) is 12.9. The molecular formula is C45H42IrN2-2. The fourth-order valence-corrected chi connectivity index (χ4v) is 6.21. The molecule has 2 nitrogen and oxygen atoms in total. The molecule has 1 radical (unpaired) electrons. The van der Waals surface area contributed by atoms with Gasteiger partial charge in [0.2, 0.25) is 0 Å². The van der Waals surface area contributed by atoms with Crippen LogP contribution in [0.4, 0.5) is 0 Å². The van der Waals surface area contributed by atoms with Crippen LogP contribution in [-0.4, -0.2) is 9.97 Å². The van der Waals surface area contributed by atoms with E-state index in [4.69, 9.17) is 4.98 Å². The first kappa shape index (κ1) is 34.9. The number of hydrogen-bond acceptors (Lipinski definition) is 2. The second-order valence-corrected chi connectivity index (χ2v) is 13.3. The first-order valence-electron chi connectivity index (χ1n) is 16.6. The standard InChI is InChI=1S/C34H34N.C11H8N.Ir/c1-22(2)24-12-14-25(15-13-24)29-18-28(33-20-27(23(3)4)16-17-35-33)19-32-30(29)21-31(34(32,5)6)26-10-8-7-9-11-26;1-2-6-10(7-3-1)11-8-4-5-9-12-11;/h7-18,20-23H,1-6H3;1-6,8-9H;/q2*-1;. The van der Waals surface area contributed by atoms with Crippen molar-refractivity contribution in [3.63, 3.8) is 0 Å². The molecule has 0 unspecified atom stereocenters. The molecule has 0 saturated carbocycles. The Bertz CT molecular complexity index is 1940. The molecule has 0 bridgehead atoms. The maximum absolute atomic E-state index is 4.77. The number of fused-ring (bicyclic) bond motifs is 1. The number of rotatable bonds is 6. The largest absolute Gasteiger partial charge is 0.305 e. The van der Waals surface area contributed by atoms with Gasteiger partial charge in [-0.25, -0.2) is 0 Å². The Morgan fingerprint density at radius 3 is 1.94 bits per heavy atom. The zero-order chi connectivity index (χ0) is 33.0. The fraction of sp³-hybridized carbons (Fsp3) is 0.200. The molecule has 0 atom stereocenters. The maximum atomic E-state index is 4.77. The monoisotopic (exact) mass is 803 g/mol. The molecule has 2 aromatic heterocycles. The van der Waals surface area contributed by atoms with Gasteiger partial charge in [0.25, 0.3) is 0 Å². The Labute approximate surface area is 300 Å². The molecule has 2 heterocycles. The van der Waals surface area contributed by atoms with Crippen LogP contribution in [0, 0.1) is 12.1 Å². The van der Waals surface area contributed by atoms with Gasteiger partial charge in [0.05, 0.1) is 0 Å². The average molecular weight is 803 g/mol. The van der Waals surface area contributed by atoms with Crippen molar-refractivity contribution in [2.45, 2.75) is 58.8 Å². The van der Waals surface area contributed by atoms with Crippen LogP contribution in [0.3, 0.4) is 0 Å². The Hall–Kier alpha value is -4.43. The Morgan fingerprint density at radius 2 is 1.29 bits per heavy atom. The van der Waals surface area contributed by atoms with Gasteiger partial charge in [-0.05, 0) is 63.0 Å². The molecule has 6 aromatic rings. The Kier molecular flexibility index (Phi) is 11.0. The molecule has 0 aliphatic heterocycles. The van der Waals surface area contributed by atoms with Gasteiger partial charge in [-0.3, -0.25) is 0 Å². The van der Waals surface area contributed by atoms with Gasteiger partial charge in [0.1, 0.15) is 0 Å². The predicted molar refractivity (Wildman–Crippen MR) is 198 cm³/mol. The Morgan fingerprint density at radius 1 is 0.604 bits per heavy atom. The van der Waals surface area contributed by atoms with E-state index in [1.807, 2.05) is 48.7 Å². The van der Waals surface area contributed by atoms with E-state index >= 15 is 0 Å². The second kappa shape index (κ2) is 15.2. The minimum absolute atomic E-state index is 0. The van der Waals surface area contributed by atoms with Crippen molar-refractivity contribution >= 4 is 11.6 Å². The van der Waals surface area contributed by atoms with Crippen molar-refractivity contribution < 1.29 is 20.1 Å². The summed E-state index contributed by atoms with van der Waals surface area (Å²) >= 11 is 0. The van der Waals surface area contributed by atoms with Crippen LogP contribution in [0.2, 0.25) is 0 Å². The number of aromatic nitrogens is 2. The van der Waals surface area contributed by atoms with Crippen LogP contribution in [0.5, 0.6) is 0 Å². The quantitative estimate of drug-likeness (QED) is 0.157. The van der Waals surface area contributed by atoms with E-state index in [0.717, 1.165) is 22.5 Å². The van der Waals surface area contributed by atoms with Gasteiger partial charge < -0.3 is 9.97 Å². The molecule has 0 saturated heterocycles. The van der Waals surface area contributed by atoms with E-state index in [-0.39, 0.29) is 25.5 Å². The maximum Gasteiger partial charge on any atom is 0.0163 e. The van der Waals surface area contributed by atoms with Crippen LogP contribution >= 0.6 is 0 Å². The summed E-state index contributed by atoms with van der Waals surface area (Å²) in [5.41, 5.74) is 14.2. The first-order valence-corrected chi connectivity index (χ1v) is 16.6. The second-order valence-electron chi connectivity index (χ2n) is 13.3. The summed E-state index contributed by atoms with van der Waals surface area (Å²) in [6, 6.07) is 47.1. The molecule has 48 heavy (non-hydrogen) atoms. The minimum Gasteiger partial charge on any atom is -0.305 e. The number of pyridine rings is 2. The molecule has 0 amide bonds. The van der Waals surface area contributed by atoms with Crippen molar-refractivity contribution in [1.82, 2.24) is 9.97 Å². The first-order chi connectivity index (χ1) is 22.7. The number of benzene rings is 4. The molecule has 7 rings (SSSR count). The van der Waals surface area contributed by atoms with Crippen molar-refractivity contribution in [2.24, 2.45) is 0 Å². The minimum atomic E-state index is -0.158. The number of nitrogens with zero attached hydrogens (tertiary/aromatic N) is 2. The van der Waals surface area contributed by atoms with Crippen LogP contribution in [0.25, 0.3) is 45.3 Å². The van der Waals surface area contributed by atoms with E-state index < -0.39 is 0 Å². The van der Waals surface area contributed by atoms with E-state index in [1.54, 1.807) is 6.20 Å². The molecule has 0 N–H and O–H groups in total. The summed E-state index contributed by atoms with van der Waals surface area (Å²) in [6.45, 7) is 13.6. The number of allylic oxidation sites excluding steroid dienone is 1. The summed E-state index contributed by atoms with van der Waals surface area (Å²) in [5, 5.41) is 0. The topological polar surface area (TPSA) is 25.8 Å². The molecular weight excluding hydrogens is 761 g/mol. The number of hydrogen-bond donors (Lipinski definition) is 0. The molecule has 3 heteroatoms. The third-order valence-electron chi connectivity index (χ3n) is 9.04. The Balaban J connectivity index is 0.000000291. The van der Waals surface area contributed by atoms with Crippen LogP contribution < -0.4 is 0 Å². The van der Waals surface area contributed by atoms with Gasteiger partial charge in [-0.15, -0.1) is 59.2 Å². The summed E-state index contributed by atoms with van der Waals surface area (Å²) in [4.78, 5) is 8.98. The van der Waals surface area contributed by atoms with Crippen LogP contribution in [0.1, 0.15) is 81.2 Å². The van der Waals surface area contributed by atoms with Crippen molar-refractivity contribution in [2.75, 3.05) is 0 Å². The van der Waals surface area contributed by atoms with Crippen LogP contribution in [0.15, 0.2) is 128 Å². The van der Waals surface area contributed by atoms with Gasteiger partial charge in [0, 0.05) is 32.5 Å². The molecule has 0 fully saturated rings. The average Bonchev–Trinajstić information content (AvgIpc) is 3.39. The predicted octanol–water partition coefficient (Wildman–Crippen LogP) is 11.8. The third-order valence-corrected chi connectivity index (χ3v) is 9.04. The molecule has 4 aromatic carbocycles. The van der Waals surface area contributed by atoms with Gasteiger partial charge in [0.15, 0.2) is 0 Å². The van der Waals surface area contributed by atoms with Crippen molar-refractivity contribution in [3.05, 3.63) is 168 Å². The third kappa shape index (κ3) is 7.49. The van der Waals surface area contributed by atoms with E-state index in [1.165, 1.54) is 44.5 Å². The van der Waals surface area contributed by atoms with Crippen LogP contribution in [-0.2, 0) is 25.5 Å². The summed E-state index contributed by atoms with van der Waals surface area (Å²) < 4.78 is 0. The molecule has 0 spiro atoms.